The van der Waals surface area contributed by atoms with Gasteiger partial charge in [-0.1, -0.05) is 12.1 Å². The van der Waals surface area contributed by atoms with Crippen molar-refractivity contribution in [2.45, 2.75) is 26.3 Å². The molecule has 0 saturated carbocycles. The van der Waals surface area contributed by atoms with Crippen molar-refractivity contribution in [1.82, 2.24) is 14.5 Å². The molecular formula is C23H20F3N3O4S. The van der Waals surface area contributed by atoms with Crippen LogP contribution < -0.4 is 9.47 Å². The van der Waals surface area contributed by atoms with E-state index in [1.807, 2.05) is 13.0 Å². The second-order valence-electron chi connectivity index (χ2n) is 7.11. The number of hydrogen-bond donors (Lipinski definition) is 0. The van der Waals surface area contributed by atoms with Crippen LogP contribution in [0.4, 0.5) is 13.2 Å². The Hall–Kier alpha value is -3.60. The van der Waals surface area contributed by atoms with Crippen LogP contribution in [-0.4, -0.2) is 34.2 Å². The molecule has 7 nitrogen and oxygen atoms in total. The van der Waals surface area contributed by atoms with E-state index in [1.165, 1.54) is 23.5 Å². The number of methoxy groups -OCH3 is 1. The molecule has 2 heterocycles. The van der Waals surface area contributed by atoms with E-state index >= 15 is 0 Å². The van der Waals surface area contributed by atoms with E-state index in [4.69, 9.17) is 14.2 Å². The van der Waals surface area contributed by atoms with Crippen molar-refractivity contribution in [3.8, 4) is 22.1 Å². The van der Waals surface area contributed by atoms with Gasteiger partial charge < -0.3 is 18.8 Å². The smallest absolute Gasteiger partial charge is 0.449 e. The van der Waals surface area contributed by atoms with Crippen molar-refractivity contribution < 1.29 is 32.2 Å². The largest absolute Gasteiger partial charge is 0.493 e. The van der Waals surface area contributed by atoms with Crippen molar-refractivity contribution in [3.63, 3.8) is 0 Å². The summed E-state index contributed by atoms with van der Waals surface area (Å²) in [5, 5.41) is 2.40. The van der Waals surface area contributed by atoms with E-state index in [2.05, 4.69) is 9.97 Å². The SMILES string of the molecule is CCOc1ccc(-c2nc(COC(=O)Cn3c(C(F)(F)F)nc4ccccc43)cs2)cc1OC. The molecule has 0 N–H and O–H groups in total. The quantitative estimate of drug-likeness (QED) is 0.310. The molecule has 0 radical (unpaired) electrons. The lowest BCUT2D eigenvalue weighted by atomic mass is 10.2. The Morgan fingerprint density at radius 2 is 1.91 bits per heavy atom. The summed E-state index contributed by atoms with van der Waals surface area (Å²) in [6.07, 6.45) is -4.71. The summed E-state index contributed by atoms with van der Waals surface area (Å²) < 4.78 is 57.1. The highest BCUT2D eigenvalue weighted by Crippen LogP contribution is 2.34. The van der Waals surface area contributed by atoms with Gasteiger partial charge in [-0.05, 0) is 37.3 Å². The molecule has 0 aliphatic rings. The Kier molecular flexibility index (Phi) is 6.73. The van der Waals surface area contributed by atoms with Crippen molar-refractivity contribution in [3.05, 3.63) is 59.4 Å². The molecule has 2 aromatic carbocycles. The van der Waals surface area contributed by atoms with Gasteiger partial charge in [0, 0.05) is 10.9 Å². The lowest BCUT2D eigenvalue weighted by Crippen LogP contribution is -2.20. The number of carbonyl (C=O) groups excluding carboxylic acids is 1. The molecule has 4 aromatic rings. The average molecular weight is 491 g/mol. The third kappa shape index (κ3) is 4.98. The zero-order valence-corrected chi connectivity index (χ0v) is 19.1. The van der Waals surface area contributed by atoms with Gasteiger partial charge in [0.15, 0.2) is 11.5 Å². The highest BCUT2D eigenvalue weighted by Gasteiger charge is 2.38. The first-order valence-corrected chi connectivity index (χ1v) is 11.1. The molecule has 0 atom stereocenters. The lowest BCUT2D eigenvalue weighted by molar-refractivity contribution is -0.151. The van der Waals surface area contributed by atoms with E-state index in [0.29, 0.717) is 28.8 Å². The molecule has 0 aliphatic heterocycles. The second kappa shape index (κ2) is 9.72. The van der Waals surface area contributed by atoms with Crippen molar-refractivity contribution in [2.75, 3.05) is 13.7 Å². The van der Waals surface area contributed by atoms with Crippen LogP contribution in [-0.2, 0) is 28.9 Å². The van der Waals surface area contributed by atoms with Gasteiger partial charge in [0.2, 0.25) is 5.82 Å². The van der Waals surface area contributed by atoms with Crippen molar-refractivity contribution >= 4 is 28.3 Å². The highest BCUT2D eigenvalue weighted by molar-refractivity contribution is 7.13. The fourth-order valence-electron chi connectivity index (χ4n) is 3.36. The Labute approximate surface area is 196 Å². The number of thiazole rings is 1. The summed E-state index contributed by atoms with van der Waals surface area (Å²) >= 11 is 1.34. The summed E-state index contributed by atoms with van der Waals surface area (Å²) in [6.45, 7) is 1.59. The molecule has 0 amide bonds. The molecule has 4 rings (SSSR count). The third-order valence-electron chi connectivity index (χ3n) is 4.84. The van der Waals surface area contributed by atoms with Gasteiger partial charge >= 0.3 is 12.1 Å². The van der Waals surface area contributed by atoms with Gasteiger partial charge in [-0.15, -0.1) is 11.3 Å². The fourth-order valence-corrected chi connectivity index (χ4v) is 4.16. The molecule has 2 aromatic heterocycles. The number of ether oxygens (including phenoxy) is 3. The zero-order valence-electron chi connectivity index (χ0n) is 18.3. The predicted octanol–water partition coefficient (Wildman–Crippen LogP) is 5.33. The molecule has 0 fully saturated rings. The van der Waals surface area contributed by atoms with E-state index in [1.54, 1.807) is 36.8 Å². The van der Waals surface area contributed by atoms with Crippen LogP contribution in [0.25, 0.3) is 21.6 Å². The monoisotopic (exact) mass is 491 g/mol. The molecule has 0 bridgehead atoms. The number of aromatic nitrogens is 3. The first-order valence-electron chi connectivity index (χ1n) is 10.2. The normalized spacial score (nSPS) is 11.6. The number of hydrogen-bond acceptors (Lipinski definition) is 7. The Morgan fingerprint density at radius 1 is 1.12 bits per heavy atom. The number of nitrogens with zero attached hydrogens (tertiary/aromatic N) is 3. The Morgan fingerprint density at radius 3 is 2.65 bits per heavy atom. The minimum absolute atomic E-state index is 0.151. The van der Waals surface area contributed by atoms with Gasteiger partial charge in [-0.3, -0.25) is 4.79 Å². The summed E-state index contributed by atoms with van der Waals surface area (Å²) in [5.74, 6) is -0.794. The molecule has 0 aliphatic carbocycles. The predicted molar refractivity (Wildman–Crippen MR) is 120 cm³/mol. The van der Waals surface area contributed by atoms with Crippen LogP contribution >= 0.6 is 11.3 Å². The molecule has 34 heavy (non-hydrogen) atoms. The molecule has 0 unspecified atom stereocenters. The topological polar surface area (TPSA) is 75.5 Å². The van der Waals surface area contributed by atoms with Crippen molar-refractivity contribution in [1.29, 1.82) is 0 Å². The molecule has 178 valence electrons. The molecule has 11 heteroatoms. The van der Waals surface area contributed by atoms with Crippen LogP contribution in [0.1, 0.15) is 18.4 Å². The maximum Gasteiger partial charge on any atom is 0.449 e. The van der Waals surface area contributed by atoms with Crippen LogP contribution in [0.2, 0.25) is 0 Å². The minimum atomic E-state index is -4.71. The van der Waals surface area contributed by atoms with Gasteiger partial charge in [0.1, 0.15) is 18.2 Å². The molecule has 0 spiro atoms. The number of halogens is 3. The number of carbonyl (C=O) groups is 1. The van der Waals surface area contributed by atoms with Gasteiger partial charge in [0.05, 0.1) is 30.4 Å². The standard InChI is InChI=1S/C23H20F3N3O4S/c1-3-32-18-9-8-14(10-19(18)31-2)21-27-15(13-34-21)12-33-20(30)11-29-17-7-5-4-6-16(17)28-22(29)23(24,25)26/h4-10,13H,3,11-12H2,1-2H3. The van der Waals surface area contributed by atoms with Crippen LogP contribution in [0.15, 0.2) is 47.8 Å². The molecule has 0 saturated heterocycles. The highest BCUT2D eigenvalue weighted by atomic mass is 32.1. The number of para-hydroxylation sites is 2. The van der Waals surface area contributed by atoms with E-state index in [9.17, 15) is 18.0 Å². The Balaban J connectivity index is 1.45. The van der Waals surface area contributed by atoms with Gasteiger partial charge in [-0.25, -0.2) is 9.97 Å². The van der Waals surface area contributed by atoms with Gasteiger partial charge in [0.25, 0.3) is 0 Å². The van der Waals surface area contributed by atoms with Crippen LogP contribution in [0, 0.1) is 0 Å². The minimum Gasteiger partial charge on any atom is -0.493 e. The van der Waals surface area contributed by atoms with Crippen LogP contribution in [0.3, 0.4) is 0 Å². The fraction of sp³-hybridized carbons (Fsp3) is 0.261. The number of rotatable bonds is 8. The summed E-state index contributed by atoms with van der Waals surface area (Å²) in [5.41, 5.74) is 1.63. The summed E-state index contributed by atoms with van der Waals surface area (Å²) in [7, 11) is 1.54. The third-order valence-corrected chi connectivity index (χ3v) is 5.78. The van der Waals surface area contributed by atoms with Crippen molar-refractivity contribution in [2.24, 2.45) is 0 Å². The zero-order chi connectivity index (χ0) is 24.3. The first-order chi connectivity index (χ1) is 16.3. The number of imidazole rings is 1. The lowest BCUT2D eigenvalue weighted by Gasteiger charge is -2.11. The Bertz CT molecular complexity index is 1320. The number of fused-ring (bicyclic) bond motifs is 1. The van der Waals surface area contributed by atoms with E-state index in [0.717, 1.165) is 10.1 Å². The van der Waals surface area contributed by atoms with Crippen LogP contribution in [0.5, 0.6) is 11.5 Å². The first kappa shape index (κ1) is 23.6. The summed E-state index contributed by atoms with van der Waals surface area (Å²) in [6, 6.07) is 11.5. The second-order valence-corrected chi connectivity index (χ2v) is 7.97. The maximum atomic E-state index is 13.4. The number of esters is 1. The summed E-state index contributed by atoms with van der Waals surface area (Å²) in [4.78, 5) is 20.5. The number of benzene rings is 2. The van der Waals surface area contributed by atoms with E-state index in [-0.39, 0.29) is 17.6 Å². The van der Waals surface area contributed by atoms with Gasteiger partial charge in [-0.2, -0.15) is 13.2 Å². The molecular weight excluding hydrogens is 471 g/mol. The van der Waals surface area contributed by atoms with E-state index < -0.39 is 24.5 Å². The number of alkyl halides is 3. The average Bonchev–Trinajstić information content (AvgIpc) is 3.43. The maximum absolute atomic E-state index is 13.4.